The number of halogens is 2. The van der Waals surface area contributed by atoms with Crippen molar-refractivity contribution >= 4 is 23.4 Å². The van der Waals surface area contributed by atoms with E-state index in [1.807, 2.05) is 18.2 Å². The zero-order valence-electron chi connectivity index (χ0n) is 16.1. The number of hydrogen-bond donors (Lipinski definition) is 0. The van der Waals surface area contributed by atoms with Gasteiger partial charge in [-0.25, -0.2) is 9.37 Å². The normalized spacial score (nSPS) is 17.1. The molecule has 5 rings (SSSR count). The van der Waals surface area contributed by atoms with Gasteiger partial charge >= 0.3 is 0 Å². The number of nitrogens with zero attached hydrogens (tertiary/aromatic N) is 7. The first kappa shape index (κ1) is 18.3. The minimum atomic E-state index is -0.317. The molecule has 3 aromatic rings. The minimum Gasteiger partial charge on any atom is -0.353 e. The Morgan fingerprint density at radius 3 is 2.52 bits per heavy atom. The monoisotopic (exact) mass is 413 g/mol. The third-order valence-electron chi connectivity index (χ3n) is 5.45. The molecular formula is C20H21ClFN7. The molecule has 7 nitrogen and oxygen atoms in total. The highest BCUT2D eigenvalue weighted by atomic mass is 35.5. The summed E-state index contributed by atoms with van der Waals surface area (Å²) in [5.41, 5.74) is 2.24. The molecule has 0 saturated carbocycles. The summed E-state index contributed by atoms with van der Waals surface area (Å²) in [6.45, 7) is 4.68. The number of hydrogen-bond acceptors (Lipinski definition) is 6. The predicted molar refractivity (Wildman–Crippen MR) is 110 cm³/mol. The van der Waals surface area contributed by atoms with Gasteiger partial charge in [-0.1, -0.05) is 11.6 Å². The number of benzene rings is 1. The summed E-state index contributed by atoms with van der Waals surface area (Å²) in [5.74, 6) is 2.26. The summed E-state index contributed by atoms with van der Waals surface area (Å²) in [7, 11) is 2.07. The Labute approximate surface area is 173 Å². The van der Waals surface area contributed by atoms with Crippen LogP contribution in [0.25, 0.3) is 5.69 Å². The molecule has 0 aliphatic carbocycles. The van der Waals surface area contributed by atoms with Crippen LogP contribution in [0, 0.1) is 5.82 Å². The van der Waals surface area contributed by atoms with E-state index in [0.29, 0.717) is 0 Å². The van der Waals surface area contributed by atoms with E-state index in [9.17, 15) is 4.39 Å². The molecule has 9 heteroatoms. The molecule has 1 saturated heterocycles. The third-order valence-corrected chi connectivity index (χ3v) is 5.68. The van der Waals surface area contributed by atoms with Gasteiger partial charge in [0.05, 0.1) is 18.4 Å². The van der Waals surface area contributed by atoms with Crippen molar-refractivity contribution in [1.29, 1.82) is 0 Å². The molecule has 0 unspecified atom stereocenters. The van der Waals surface area contributed by atoms with Crippen LogP contribution in [0.3, 0.4) is 0 Å². The highest BCUT2D eigenvalue weighted by Crippen LogP contribution is 2.30. The summed E-state index contributed by atoms with van der Waals surface area (Å²) < 4.78 is 15.3. The lowest BCUT2D eigenvalue weighted by Gasteiger charge is -2.35. The van der Waals surface area contributed by atoms with Gasteiger partial charge in [-0.2, -0.15) is 0 Å². The molecule has 0 atom stereocenters. The number of anilines is 2. The average Bonchev–Trinajstić information content (AvgIpc) is 3.06. The molecule has 0 spiro atoms. The van der Waals surface area contributed by atoms with Crippen molar-refractivity contribution in [2.75, 3.05) is 43.0 Å². The van der Waals surface area contributed by atoms with Crippen molar-refractivity contribution in [3.8, 4) is 5.69 Å². The van der Waals surface area contributed by atoms with Crippen LogP contribution < -0.4 is 9.80 Å². The van der Waals surface area contributed by atoms with Crippen molar-refractivity contribution in [3.63, 3.8) is 0 Å². The third kappa shape index (κ3) is 3.42. The van der Waals surface area contributed by atoms with Crippen LogP contribution in [0.1, 0.15) is 11.4 Å². The molecule has 2 aliphatic rings. The van der Waals surface area contributed by atoms with E-state index in [1.54, 1.807) is 6.07 Å². The van der Waals surface area contributed by atoms with E-state index >= 15 is 0 Å². The molecule has 150 valence electrons. The van der Waals surface area contributed by atoms with Crippen molar-refractivity contribution in [2.24, 2.45) is 0 Å². The lowest BCUT2D eigenvalue weighted by molar-refractivity contribution is 0.315. The first-order chi connectivity index (χ1) is 14.1. The Balaban J connectivity index is 1.43. The lowest BCUT2D eigenvalue weighted by Crippen LogP contribution is -2.47. The fraction of sp³-hybridized carbons (Fsp3) is 0.350. The lowest BCUT2D eigenvalue weighted by atomic mass is 10.1. The molecular weight excluding hydrogens is 393 g/mol. The van der Waals surface area contributed by atoms with Gasteiger partial charge < -0.3 is 9.80 Å². The Morgan fingerprint density at radius 1 is 0.966 bits per heavy atom. The van der Waals surface area contributed by atoms with Crippen molar-refractivity contribution in [1.82, 2.24) is 24.6 Å². The Kier molecular flexibility index (Phi) is 4.60. The molecule has 0 bridgehead atoms. The molecule has 4 heterocycles. The smallest absolute Gasteiger partial charge is 0.232 e. The zero-order chi connectivity index (χ0) is 20.0. The quantitative estimate of drug-likeness (QED) is 0.644. The molecule has 0 N–H and O–H groups in total. The van der Waals surface area contributed by atoms with E-state index in [1.165, 1.54) is 12.3 Å². The standard InChI is InChI=1S/C20H21ClFN7/c1-26-12-14-10-15(21)2-4-17(14)29-19(13-26)24-25-20(29)28-8-6-27(7-9-28)18-5-3-16(22)11-23-18/h2-5,10-11H,6-9,12-13H2,1H3. The molecule has 2 aromatic heterocycles. The maximum absolute atomic E-state index is 13.2. The molecule has 29 heavy (non-hydrogen) atoms. The molecule has 1 fully saturated rings. The second-order valence-corrected chi connectivity index (χ2v) is 7.94. The molecule has 0 amide bonds. The second kappa shape index (κ2) is 7.27. The number of piperazine rings is 1. The predicted octanol–water partition coefficient (Wildman–Crippen LogP) is 2.73. The Morgan fingerprint density at radius 2 is 1.76 bits per heavy atom. The molecule has 1 aromatic carbocycles. The minimum absolute atomic E-state index is 0.317. The van der Waals surface area contributed by atoms with E-state index < -0.39 is 0 Å². The molecule has 2 aliphatic heterocycles. The highest BCUT2D eigenvalue weighted by molar-refractivity contribution is 6.30. The zero-order valence-corrected chi connectivity index (χ0v) is 16.8. The maximum Gasteiger partial charge on any atom is 0.232 e. The summed E-state index contributed by atoms with van der Waals surface area (Å²) in [6.07, 6.45) is 1.26. The van der Waals surface area contributed by atoms with Crippen LogP contribution in [-0.2, 0) is 13.1 Å². The van der Waals surface area contributed by atoms with Gasteiger partial charge in [0.2, 0.25) is 5.95 Å². The maximum atomic E-state index is 13.2. The average molecular weight is 414 g/mol. The number of fused-ring (bicyclic) bond motifs is 3. The van der Waals surface area contributed by atoms with E-state index in [2.05, 4.69) is 41.5 Å². The van der Waals surface area contributed by atoms with Crippen LogP contribution >= 0.6 is 11.6 Å². The van der Waals surface area contributed by atoms with Gasteiger partial charge in [-0.05, 0) is 42.9 Å². The molecule has 0 radical (unpaired) electrons. The fourth-order valence-corrected chi connectivity index (χ4v) is 4.23. The van der Waals surface area contributed by atoms with E-state index in [4.69, 9.17) is 11.6 Å². The van der Waals surface area contributed by atoms with Crippen LogP contribution in [0.15, 0.2) is 36.5 Å². The van der Waals surface area contributed by atoms with Crippen LogP contribution in [0.2, 0.25) is 5.02 Å². The van der Waals surface area contributed by atoms with Crippen LogP contribution in [0.5, 0.6) is 0 Å². The summed E-state index contributed by atoms with van der Waals surface area (Å²) in [6, 6.07) is 9.16. The van der Waals surface area contributed by atoms with Gasteiger partial charge in [-0.15, -0.1) is 10.2 Å². The van der Waals surface area contributed by atoms with Gasteiger partial charge in [-0.3, -0.25) is 9.47 Å². The number of rotatable bonds is 2. The number of pyridine rings is 1. The summed E-state index contributed by atoms with van der Waals surface area (Å²) in [5, 5.41) is 9.74. The van der Waals surface area contributed by atoms with Gasteiger partial charge in [0.1, 0.15) is 11.6 Å². The first-order valence-electron chi connectivity index (χ1n) is 9.61. The van der Waals surface area contributed by atoms with Gasteiger partial charge in [0, 0.05) is 37.7 Å². The summed E-state index contributed by atoms with van der Waals surface area (Å²) >= 11 is 6.25. The van der Waals surface area contributed by atoms with Gasteiger partial charge in [0.15, 0.2) is 5.82 Å². The SMILES string of the molecule is CN1Cc2cc(Cl)ccc2-n2c(nnc2N2CCN(c3ccc(F)cn3)CC2)C1. The number of aromatic nitrogens is 4. The summed E-state index contributed by atoms with van der Waals surface area (Å²) in [4.78, 5) is 10.8. The Hall–Kier alpha value is -2.71. The van der Waals surface area contributed by atoms with E-state index in [-0.39, 0.29) is 5.82 Å². The largest absolute Gasteiger partial charge is 0.353 e. The van der Waals surface area contributed by atoms with Crippen LogP contribution in [-0.4, -0.2) is 57.9 Å². The topological polar surface area (TPSA) is 53.3 Å². The van der Waals surface area contributed by atoms with Gasteiger partial charge in [0.25, 0.3) is 0 Å². The van der Waals surface area contributed by atoms with E-state index in [0.717, 1.165) is 73.1 Å². The van der Waals surface area contributed by atoms with Crippen LogP contribution in [0.4, 0.5) is 16.2 Å². The second-order valence-electron chi connectivity index (χ2n) is 7.51. The van der Waals surface area contributed by atoms with Crippen molar-refractivity contribution < 1.29 is 4.39 Å². The first-order valence-corrected chi connectivity index (χ1v) is 9.99. The van der Waals surface area contributed by atoms with Crippen molar-refractivity contribution in [2.45, 2.75) is 13.1 Å². The fourth-order valence-electron chi connectivity index (χ4n) is 4.04. The Bertz CT molecular complexity index is 1030. The highest BCUT2D eigenvalue weighted by Gasteiger charge is 2.27. The van der Waals surface area contributed by atoms with Crippen molar-refractivity contribution in [3.05, 3.63) is 58.8 Å².